The molecule has 0 aromatic rings. The lowest BCUT2D eigenvalue weighted by Gasteiger charge is -2.36. The molecule has 1 rings (SSSR count). The van der Waals surface area contributed by atoms with E-state index < -0.39 is 8.07 Å². The monoisotopic (exact) mass is 156 g/mol. The summed E-state index contributed by atoms with van der Waals surface area (Å²) in [5.41, 5.74) is 0. The molecule has 0 radical (unpaired) electrons. The molecule has 0 heterocycles. The molecule has 0 N–H and O–H groups in total. The van der Waals surface area contributed by atoms with Crippen LogP contribution in [-0.2, 0) is 0 Å². The van der Waals surface area contributed by atoms with E-state index in [1.807, 2.05) is 0 Å². The maximum absolute atomic E-state index is 2.51. The Morgan fingerprint density at radius 2 is 1.40 bits per heavy atom. The van der Waals surface area contributed by atoms with E-state index in [1.54, 1.807) is 0 Å². The van der Waals surface area contributed by atoms with Gasteiger partial charge in [-0.3, -0.25) is 0 Å². The molecule has 60 valence electrons. The molecule has 1 saturated carbocycles. The van der Waals surface area contributed by atoms with Crippen LogP contribution in [0.4, 0.5) is 0 Å². The summed E-state index contributed by atoms with van der Waals surface area (Å²) in [5.74, 6) is 0. The zero-order valence-corrected chi connectivity index (χ0v) is 8.83. The smallest absolute Gasteiger partial charge is 0.0502 e. The zero-order chi connectivity index (χ0) is 7.83. The fraction of sp³-hybridized carbons (Fsp3) is 1.00. The lowest BCUT2D eigenvalue weighted by atomic mass is 10.1. The van der Waals surface area contributed by atoms with Gasteiger partial charge < -0.3 is 0 Å². The van der Waals surface area contributed by atoms with Gasteiger partial charge in [0.15, 0.2) is 0 Å². The first-order valence-corrected chi connectivity index (χ1v) is 7.96. The Balaban J connectivity index is 2.67. The minimum atomic E-state index is -0.848. The van der Waals surface area contributed by atoms with Gasteiger partial charge in [-0.1, -0.05) is 52.2 Å². The van der Waals surface area contributed by atoms with Crippen molar-refractivity contribution in [2.45, 2.75) is 57.3 Å². The summed E-state index contributed by atoms with van der Waals surface area (Å²) in [6, 6.07) is 0. The van der Waals surface area contributed by atoms with Crippen LogP contribution in [0.1, 0.15) is 32.6 Å². The number of hydrogen-bond acceptors (Lipinski definition) is 0. The fourth-order valence-electron chi connectivity index (χ4n) is 1.91. The maximum atomic E-state index is 2.51. The van der Waals surface area contributed by atoms with E-state index in [1.165, 1.54) is 25.7 Å². The molecule has 0 aromatic carbocycles. The summed E-state index contributed by atoms with van der Waals surface area (Å²) in [6.07, 6.45) is 5.98. The third kappa shape index (κ3) is 1.29. The van der Waals surface area contributed by atoms with Crippen molar-refractivity contribution in [3.8, 4) is 0 Å². The quantitative estimate of drug-likeness (QED) is 0.508. The van der Waals surface area contributed by atoms with Crippen molar-refractivity contribution in [2.24, 2.45) is 0 Å². The van der Waals surface area contributed by atoms with E-state index >= 15 is 0 Å². The average molecular weight is 156 g/mol. The molecule has 1 aliphatic carbocycles. The molecule has 10 heavy (non-hydrogen) atoms. The Morgan fingerprint density at radius 1 is 1.00 bits per heavy atom. The lowest BCUT2D eigenvalue weighted by Crippen LogP contribution is -2.35. The molecular weight excluding hydrogens is 136 g/mol. The van der Waals surface area contributed by atoms with Crippen LogP contribution in [0.15, 0.2) is 0 Å². The predicted molar refractivity (Wildman–Crippen MR) is 50.2 cm³/mol. The van der Waals surface area contributed by atoms with Gasteiger partial charge in [-0.05, 0) is 5.04 Å². The molecule has 0 amide bonds. The summed E-state index contributed by atoms with van der Waals surface area (Å²) < 4.78 is 0. The first-order chi connectivity index (χ1) is 4.46. The molecule has 0 saturated heterocycles. The summed E-state index contributed by atoms with van der Waals surface area (Å²) in [4.78, 5) is 0. The van der Waals surface area contributed by atoms with Crippen LogP contribution in [0.3, 0.4) is 0 Å². The molecule has 0 bridgehead atoms. The van der Waals surface area contributed by atoms with Crippen LogP contribution in [0.25, 0.3) is 0 Å². The van der Waals surface area contributed by atoms with Gasteiger partial charge in [0.1, 0.15) is 0 Å². The van der Waals surface area contributed by atoms with Gasteiger partial charge in [-0.15, -0.1) is 0 Å². The number of rotatable bonds is 1. The van der Waals surface area contributed by atoms with Crippen LogP contribution in [-0.4, -0.2) is 8.07 Å². The Labute approximate surface area is 66.0 Å². The van der Waals surface area contributed by atoms with Gasteiger partial charge in [0, 0.05) is 0 Å². The predicted octanol–water partition coefficient (Wildman–Crippen LogP) is 3.66. The summed E-state index contributed by atoms with van der Waals surface area (Å²) in [6.45, 7) is 10.0. The van der Waals surface area contributed by atoms with Crippen molar-refractivity contribution in [1.82, 2.24) is 0 Å². The van der Waals surface area contributed by atoms with E-state index in [-0.39, 0.29) is 0 Å². The van der Waals surface area contributed by atoms with E-state index in [0.717, 1.165) is 5.04 Å². The lowest BCUT2D eigenvalue weighted by molar-refractivity contribution is 0.608. The first-order valence-electron chi connectivity index (χ1n) is 4.46. The Bertz CT molecular complexity index is 115. The molecule has 1 fully saturated rings. The van der Waals surface area contributed by atoms with Crippen molar-refractivity contribution < 1.29 is 0 Å². The highest BCUT2D eigenvalue weighted by molar-refractivity contribution is 6.79. The second kappa shape index (κ2) is 2.37. The SMILES string of the molecule is CC1([Si](C)(C)C)CCCC1. The van der Waals surface area contributed by atoms with Crippen molar-refractivity contribution in [3.63, 3.8) is 0 Å². The van der Waals surface area contributed by atoms with Gasteiger partial charge in [0.05, 0.1) is 8.07 Å². The highest BCUT2D eigenvalue weighted by Crippen LogP contribution is 2.51. The highest BCUT2D eigenvalue weighted by atomic mass is 28.3. The van der Waals surface area contributed by atoms with Gasteiger partial charge in [0.25, 0.3) is 0 Å². The first kappa shape index (κ1) is 8.31. The van der Waals surface area contributed by atoms with E-state index in [0.29, 0.717) is 0 Å². The van der Waals surface area contributed by atoms with E-state index in [9.17, 15) is 0 Å². The minimum absolute atomic E-state index is 0.771. The van der Waals surface area contributed by atoms with Crippen molar-refractivity contribution >= 4 is 8.07 Å². The highest BCUT2D eigenvalue weighted by Gasteiger charge is 2.40. The van der Waals surface area contributed by atoms with Crippen LogP contribution < -0.4 is 0 Å². The van der Waals surface area contributed by atoms with Crippen molar-refractivity contribution in [1.29, 1.82) is 0 Å². The van der Waals surface area contributed by atoms with Crippen molar-refractivity contribution in [2.75, 3.05) is 0 Å². The molecule has 1 heteroatoms. The van der Waals surface area contributed by atoms with Crippen LogP contribution in [0, 0.1) is 0 Å². The van der Waals surface area contributed by atoms with Crippen LogP contribution in [0.5, 0.6) is 0 Å². The maximum Gasteiger partial charge on any atom is 0.0502 e. The van der Waals surface area contributed by atoms with E-state index in [4.69, 9.17) is 0 Å². The van der Waals surface area contributed by atoms with Gasteiger partial charge in [-0.2, -0.15) is 0 Å². The second-order valence-corrected chi connectivity index (χ2v) is 10.7. The minimum Gasteiger partial charge on any atom is -0.0692 e. The fourth-order valence-corrected chi connectivity index (χ4v) is 3.76. The molecule has 0 aliphatic heterocycles. The Hall–Kier alpha value is 0.217. The second-order valence-electron chi connectivity index (χ2n) is 5.02. The van der Waals surface area contributed by atoms with Crippen LogP contribution in [0.2, 0.25) is 24.7 Å². The summed E-state index contributed by atoms with van der Waals surface area (Å²) in [5, 5.41) is 0.771. The third-order valence-corrected chi connectivity index (χ3v) is 7.64. The summed E-state index contributed by atoms with van der Waals surface area (Å²) in [7, 11) is -0.848. The molecular formula is C9H20Si. The van der Waals surface area contributed by atoms with Gasteiger partial charge >= 0.3 is 0 Å². The molecule has 1 aliphatic rings. The molecule has 0 atom stereocenters. The molecule has 0 nitrogen and oxygen atoms in total. The largest absolute Gasteiger partial charge is 0.0692 e. The third-order valence-electron chi connectivity index (χ3n) is 3.52. The van der Waals surface area contributed by atoms with E-state index in [2.05, 4.69) is 26.6 Å². The van der Waals surface area contributed by atoms with Gasteiger partial charge in [0.2, 0.25) is 0 Å². The number of hydrogen-bond donors (Lipinski definition) is 0. The molecule has 0 aromatic heterocycles. The topological polar surface area (TPSA) is 0 Å². The Kier molecular flexibility index (Phi) is 1.97. The van der Waals surface area contributed by atoms with Crippen molar-refractivity contribution in [3.05, 3.63) is 0 Å². The normalized spacial score (nSPS) is 25.2. The summed E-state index contributed by atoms with van der Waals surface area (Å²) >= 11 is 0. The van der Waals surface area contributed by atoms with Gasteiger partial charge in [-0.25, -0.2) is 0 Å². The molecule has 0 unspecified atom stereocenters. The molecule has 0 spiro atoms. The average Bonchev–Trinajstić information content (AvgIpc) is 2.13. The zero-order valence-electron chi connectivity index (χ0n) is 7.83. The standard InChI is InChI=1S/C9H20Si/c1-9(10(2,3)4)7-5-6-8-9/h5-8H2,1-4H3. The Morgan fingerprint density at radius 3 is 1.60 bits per heavy atom. The van der Waals surface area contributed by atoms with Crippen LogP contribution >= 0.6 is 0 Å².